The number of fused-ring (bicyclic) bond motifs is 1. The number of aliphatic imine (C=N–C) groups is 1. The van der Waals surface area contributed by atoms with Crippen molar-refractivity contribution in [3.8, 4) is 11.5 Å². The number of hydrogen-bond donors (Lipinski definition) is 8. The number of benzene rings is 1. The highest BCUT2D eigenvalue weighted by Gasteiger charge is 2.46. The van der Waals surface area contributed by atoms with Gasteiger partial charge in [-0.3, -0.25) is 9.55 Å². The van der Waals surface area contributed by atoms with Crippen molar-refractivity contribution in [2.24, 2.45) is 4.99 Å². The Morgan fingerprint density at radius 2 is 1.74 bits per heavy atom. The lowest BCUT2D eigenvalue weighted by molar-refractivity contribution is -0.276. The van der Waals surface area contributed by atoms with E-state index in [0.29, 0.717) is 5.56 Å². The molecule has 0 bridgehead atoms. The third kappa shape index (κ3) is 7.10. The molecule has 0 aromatic heterocycles. The number of carbonyl (C=O) groups is 3. The van der Waals surface area contributed by atoms with Crippen molar-refractivity contribution in [1.29, 1.82) is 0 Å². The summed E-state index contributed by atoms with van der Waals surface area (Å²) in [5.41, 5.74) is 0.242. The number of carboxylic acid groups (broad SMARTS) is 3. The van der Waals surface area contributed by atoms with Crippen LogP contribution in [0.15, 0.2) is 41.1 Å². The maximum absolute atomic E-state index is 12.0. The lowest BCUT2D eigenvalue weighted by Crippen LogP contribution is -2.60. The highest BCUT2D eigenvalue weighted by Crippen LogP contribution is 2.42. The molecule has 7 unspecified atom stereocenters. The average Bonchev–Trinajstić information content (AvgIpc) is 3.28. The molecule has 18 nitrogen and oxygen atoms in total. The number of hydrogen-bond acceptors (Lipinski definition) is 14. The van der Waals surface area contributed by atoms with Crippen LogP contribution in [0.3, 0.4) is 0 Å². The number of aliphatic hydroxyl groups is 3. The highest BCUT2D eigenvalue weighted by atomic mass is 32.3. The Morgan fingerprint density at radius 1 is 1.05 bits per heavy atom. The number of aliphatic carboxylic acids is 3. The van der Waals surface area contributed by atoms with Crippen LogP contribution in [0.25, 0.3) is 0 Å². The van der Waals surface area contributed by atoms with E-state index < -0.39 is 89.2 Å². The molecule has 0 aliphatic carbocycles. The number of ether oxygens (including phenoxy) is 2. The number of allylic oxidation sites excluding steroid dienone is 1. The normalized spacial score (nSPS) is 29.1. The first-order valence-corrected chi connectivity index (χ1v) is 13.7. The van der Waals surface area contributed by atoms with Crippen LogP contribution in [0.4, 0.5) is 5.69 Å². The van der Waals surface area contributed by atoms with Crippen molar-refractivity contribution in [3.05, 3.63) is 41.6 Å². The van der Waals surface area contributed by atoms with Crippen LogP contribution in [-0.4, -0.2) is 122 Å². The first kappa shape index (κ1) is 31.8. The second kappa shape index (κ2) is 12.2. The van der Waals surface area contributed by atoms with Crippen molar-refractivity contribution in [2.45, 2.75) is 55.6 Å². The van der Waals surface area contributed by atoms with Crippen LogP contribution in [0, 0.1) is 0 Å². The summed E-state index contributed by atoms with van der Waals surface area (Å²) >= 11 is 0. The minimum Gasteiger partial charge on any atom is -0.504 e. The second-order valence-electron chi connectivity index (χ2n) is 9.67. The molecule has 43 heavy (non-hydrogen) atoms. The molecule has 0 amide bonds. The molecule has 7 atom stereocenters. The van der Waals surface area contributed by atoms with Gasteiger partial charge in [-0.15, -0.1) is 0 Å². The number of carboxylic acids is 3. The van der Waals surface area contributed by atoms with Crippen LogP contribution >= 0.6 is 0 Å². The van der Waals surface area contributed by atoms with Gasteiger partial charge in [0.05, 0.1) is 6.61 Å². The number of phenolic OH excluding ortho intramolecular Hbond substituents is 1. The van der Waals surface area contributed by atoms with Gasteiger partial charge >= 0.3 is 28.3 Å². The fourth-order valence-electron chi connectivity index (χ4n) is 4.65. The zero-order valence-corrected chi connectivity index (χ0v) is 22.5. The van der Waals surface area contributed by atoms with Crippen molar-refractivity contribution in [1.82, 2.24) is 0 Å². The number of aromatic hydroxyl groups is 1. The van der Waals surface area contributed by atoms with Gasteiger partial charge in [0.25, 0.3) is 0 Å². The number of aliphatic hydroxyl groups excluding tert-OH is 3. The maximum Gasteiger partial charge on any atom is 0.397 e. The summed E-state index contributed by atoms with van der Waals surface area (Å²) < 4.78 is 45.5. The summed E-state index contributed by atoms with van der Waals surface area (Å²) in [6, 6.07) is -0.238. The number of rotatable bonds is 10. The molecule has 1 fully saturated rings. The minimum absolute atomic E-state index is 0.134. The first-order chi connectivity index (χ1) is 20.1. The first-order valence-electron chi connectivity index (χ1n) is 12.3. The Hall–Kier alpha value is -4.11. The largest absolute Gasteiger partial charge is 0.504 e. The molecule has 4 rings (SSSR count). The SMILES string of the molecule is O=C(O)C1=NC(C(=O)O)CC(/C=C/N2c3cc(O)c(OC4OC(COS(=O)(=O)O)C(O)C(O)C4O)cc3CC2C(=O)O)=C1. The zero-order valence-electron chi connectivity index (χ0n) is 21.7. The summed E-state index contributed by atoms with van der Waals surface area (Å²) in [7, 11) is -4.95. The molecular weight excluding hydrogens is 604 g/mol. The second-order valence-corrected chi connectivity index (χ2v) is 10.8. The van der Waals surface area contributed by atoms with Crippen molar-refractivity contribution in [2.75, 3.05) is 11.5 Å². The highest BCUT2D eigenvalue weighted by molar-refractivity contribution is 7.80. The molecule has 0 radical (unpaired) electrons. The van der Waals surface area contributed by atoms with Crippen LogP contribution in [-0.2, 0) is 40.1 Å². The van der Waals surface area contributed by atoms with E-state index in [1.165, 1.54) is 23.2 Å². The number of dihydropyridines is 1. The van der Waals surface area contributed by atoms with Gasteiger partial charge in [-0.2, -0.15) is 8.42 Å². The summed E-state index contributed by atoms with van der Waals surface area (Å²) in [6.45, 7) is -0.967. The van der Waals surface area contributed by atoms with Gasteiger partial charge in [0.15, 0.2) is 17.5 Å². The molecule has 0 saturated carbocycles. The van der Waals surface area contributed by atoms with E-state index >= 15 is 0 Å². The van der Waals surface area contributed by atoms with Gasteiger partial charge in [-0.1, -0.05) is 0 Å². The third-order valence-electron chi connectivity index (χ3n) is 6.76. The van der Waals surface area contributed by atoms with Gasteiger partial charge in [0.1, 0.15) is 36.2 Å². The standard InChI is InChI=1S/C24H26N2O16S/c27-15-7-13-10(6-16(15)41-24-20(30)19(29)18(28)17(42-24)8-40-43(37,38)39)5-14(23(35)36)26(13)2-1-9-3-11(21(31)32)25-12(4-9)22(33)34/h1-3,6-7,12,14,17-20,24,27-30H,4-5,8H2,(H,31,32)(H,33,34)(H,35,36)(H,37,38,39)/b2-1+. The van der Waals surface area contributed by atoms with Crippen LogP contribution in [0.5, 0.6) is 11.5 Å². The van der Waals surface area contributed by atoms with E-state index in [4.69, 9.17) is 14.0 Å². The van der Waals surface area contributed by atoms with E-state index in [1.54, 1.807) is 0 Å². The van der Waals surface area contributed by atoms with Crippen LogP contribution in [0.1, 0.15) is 12.0 Å². The quantitative estimate of drug-likeness (QED) is 0.130. The van der Waals surface area contributed by atoms with Crippen LogP contribution in [0.2, 0.25) is 0 Å². The number of nitrogens with zero attached hydrogens (tertiary/aromatic N) is 2. The molecule has 1 aromatic rings. The Bertz CT molecular complexity index is 1500. The average molecular weight is 631 g/mol. The topological polar surface area (TPSA) is 290 Å². The van der Waals surface area contributed by atoms with Crippen molar-refractivity contribution < 1.29 is 76.8 Å². The lowest BCUT2D eigenvalue weighted by atomic mass is 9.99. The Morgan fingerprint density at radius 3 is 2.35 bits per heavy atom. The molecule has 19 heteroatoms. The Kier molecular flexibility index (Phi) is 9.06. The monoisotopic (exact) mass is 630 g/mol. The zero-order chi connectivity index (χ0) is 31.8. The number of anilines is 1. The van der Waals surface area contributed by atoms with Gasteiger partial charge < -0.3 is 50.1 Å². The summed E-state index contributed by atoms with van der Waals surface area (Å²) in [4.78, 5) is 39.7. The van der Waals surface area contributed by atoms with Gasteiger partial charge in [0, 0.05) is 30.8 Å². The Labute approximate surface area is 241 Å². The third-order valence-corrected chi connectivity index (χ3v) is 7.20. The minimum atomic E-state index is -4.95. The predicted octanol–water partition coefficient (Wildman–Crippen LogP) is -1.96. The summed E-state index contributed by atoms with van der Waals surface area (Å²) in [5.74, 6) is -5.01. The van der Waals surface area contributed by atoms with Crippen molar-refractivity contribution >= 4 is 39.7 Å². The molecule has 3 aliphatic rings. The summed E-state index contributed by atoms with van der Waals surface area (Å²) in [6.07, 6.45) is -5.64. The summed E-state index contributed by atoms with van der Waals surface area (Å²) in [5, 5.41) is 69.6. The predicted molar refractivity (Wildman–Crippen MR) is 139 cm³/mol. The molecule has 1 saturated heterocycles. The molecular formula is C24H26N2O16S. The van der Waals surface area contributed by atoms with Gasteiger partial charge in [-0.25, -0.2) is 18.6 Å². The Balaban J connectivity index is 1.58. The van der Waals surface area contributed by atoms with Gasteiger partial charge in [0.2, 0.25) is 6.29 Å². The molecule has 8 N–H and O–H groups in total. The van der Waals surface area contributed by atoms with E-state index in [-0.39, 0.29) is 29.9 Å². The molecule has 0 spiro atoms. The van der Waals surface area contributed by atoms with E-state index in [9.17, 15) is 58.5 Å². The van der Waals surface area contributed by atoms with Crippen LogP contribution < -0.4 is 9.64 Å². The smallest absolute Gasteiger partial charge is 0.397 e. The number of phenols is 1. The van der Waals surface area contributed by atoms with E-state index in [0.717, 1.165) is 12.1 Å². The maximum atomic E-state index is 12.0. The lowest BCUT2D eigenvalue weighted by Gasteiger charge is -2.39. The fraction of sp³-hybridized carbons (Fsp3) is 0.417. The van der Waals surface area contributed by atoms with E-state index in [2.05, 4.69) is 9.18 Å². The molecule has 1 aromatic carbocycles. The van der Waals surface area contributed by atoms with E-state index in [1.807, 2.05) is 0 Å². The fourth-order valence-corrected chi connectivity index (χ4v) is 4.96. The molecule has 234 valence electrons. The van der Waals surface area contributed by atoms with Gasteiger partial charge in [-0.05, 0) is 29.4 Å². The molecule has 3 heterocycles. The molecule has 3 aliphatic heterocycles. The van der Waals surface area contributed by atoms with Crippen molar-refractivity contribution in [3.63, 3.8) is 0 Å².